The maximum Gasteiger partial charge on any atom is 0.303 e. The summed E-state index contributed by atoms with van der Waals surface area (Å²) in [6.45, 7) is 1.48. The quantitative estimate of drug-likeness (QED) is 0.575. The van der Waals surface area contributed by atoms with Gasteiger partial charge in [-0.3, -0.25) is 10.1 Å². The van der Waals surface area contributed by atoms with E-state index in [1.54, 1.807) is 18.2 Å². The number of carbonyl (C=O) groups is 1. The van der Waals surface area contributed by atoms with Gasteiger partial charge >= 0.3 is 12.0 Å². The van der Waals surface area contributed by atoms with Crippen molar-refractivity contribution < 1.29 is 18.0 Å². The highest BCUT2D eigenvalue weighted by Crippen LogP contribution is 2.25. The zero-order chi connectivity index (χ0) is 16.0. The van der Waals surface area contributed by atoms with E-state index in [1.165, 1.54) is 25.1 Å². The van der Waals surface area contributed by atoms with Gasteiger partial charge in [-0.25, -0.2) is 4.39 Å². The van der Waals surface area contributed by atoms with Gasteiger partial charge in [0.25, 0.3) is 0 Å². The van der Waals surface area contributed by atoms with Crippen molar-refractivity contribution in [3.8, 4) is 0 Å². The molecule has 0 amide bonds. The average molecular weight is 311 g/mol. The molecule has 0 unspecified atom stereocenters. The number of ketones is 1. The number of anilines is 2. The Morgan fingerprint density at radius 1 is 1.00 bits per heavy atom. The van der Waals surface area contributed by atoms with Gasteiger partial charge in [0, 0.05) is 11.6 Å². The van der Waals surface area contributed by atoms with Crippen LogP contribution in [-0.2, 0) is 0 Å². The minimum absolute atomic E-state index is 0.0506. The van der Waals surface area contributed by atoms with Crippen LogP contribution in [0.25, 0.3) is 22.2 Å². The van der Waals surface area contributed by atoms with Gasteiger partial charge in [0.1, 0.15) is 16.9 Å². The summed E-state index contributed by atoms with van der Waals surface area (Å²) in [5, 5.41) is 2.79. The van der Waals surface area contributed by atoms with Crippen LogP contribution in [0.3, 0.4) is 0 Å². The third kappa shape index (κ3) is 2.42. The molecule has 0 aliphatic rings. The van der Waals surface area contributed by atoms with E-state index in [-0.39, 0.29) is 17.8 Å². The van der Waals surface area contributed by atoms with Crippen LogP contribution in [-0.4, -0.2) is 15.8 Å². The van der Waals surface area contributed by atoms with Gasteiger partial charge in [0.2, 0.25) is 0 Å². The monoisotopic (exact) mass is 311 g/mol. The summed E-state index contributed by atoms with van der Waals surface area (Å²) in [4.78, 5) is 19.7. The average Bonchev–Trinajstić information content (AvgIpc) is 3.08. The summed E-state index contributed by atoms with van der Waals surface area (Å²) in [7, 11) is 0. The van der Waals surface area contributed by atoms with E-state index in [2.05, 4.69) is 15.3 Å². The smallest absolute Gasteiger partial charge is 0.303 e. The zero-order valence-electron chi connectivity index (χ0n) is 12.0. The highest BCUT2D eigenvalue weighted by Gasteiger charge is 2.12. The molecule has 2 aromatic heterocycles. The van der Waals surface area contributed by atoms with Crippen molar-refractivity contribution in [3.05, 3.63) is 47.8 Å². The Balaban J connectivity index is 1.69. The third-order valence-electron chi connectivity index (χ3n) is 3.36. The van der Waals surface area contributed by atoms with Crippen LogP contribution >= 0.6 is 0 Å². The van der Waals surface area contributed by atoms with Crippen LogP contribution in [0.2, 0.25) is 0 Å². The van der Waals surface area contributed by atoms with E-state index >= 15 is 0 Å². The van der Waals surface area contributed by atoms with E-state index in [4.69, 9.17) is 8.83 Å². The molecular weight excluding hydrogens is 301 g/mol. The molecule has 114 valence electrons. The Labute approximate surface area is 128 Å². The Morgan fingerprint density at radius 2 is 1.61 bits per heavy atom. The molecule has 4 rings (SSSR count). The molecule has 4 aromatic rings. The largest absolute Gasteiger partial charge is 0.423 e. The van der Waals surface area contributed by atoms with Crippen LogP contribution in [0.1, 0.15) is 17.3 Å². The lowest BCUT2D eigenvalue weighted by Crippen LogP contribution is -1.91. The van der Waals surface area contributed by atoms with E-state index in [1.807, 2.05) is 0 Å². The lowest BCUT2D eigenvalue weighted by Gasteiger charge is -1.92. The van der Waals surface area contributed by atoms with Gasteiger partial charge in [-0.05, 0) is 37.3 Å². The van der Waals surface area contributed by atoms with Crippen LogP contribution < -0.4 is 5.32 Å². The standard InChI is InChI=1S/C16H10FN3O3/c1-8(21)9-2-4-13-11(6-9)18-15(22-13)20-16-19-12-7-10(17)3-5-14(12)23-16/h2-7H,1H3,(H,18,19,20). The van der Waals surface area contributed by atoms with E-state index in [0.29, 0.717) is 27.8 Å². The number of oxazole rings is 2. The molecule has 2 heterocycles. The second kappa shape index (κ2) is 4.91. The summed E-state index contributed by atoms with van der Waals surface area (Å²) in [6.07, 6.45) is 0. The van der Waals surface area contributed by atoms with Gasteiger partial charge < -0.3 is 8.83 Å². The number of fused-ring (bicyclic) bond motifs is 2. The van der Waals surface area contributed by atoms with E-state index in [0.717, 1.165) is 0 Å². The van der Waals surface area contributed by atoms with Gasteiger partial charge in [-0.15, -0.1) is 0 Å². The molecule has 0 aliphatic carbocycles. The van der Waals surface area contributed by atoms with E-state index < -0.39 is 5.82 Å². The number of halogens is 1. The van der Waals surface area contributed by atoms with Crippen molar-refractivity contribution in [1.29, 1.82) is 0 Å². The molecule has 0 saturated carbocycles. The second-order valence-electron chi connectivity index (χ2n) is 5.01. The molecule has 0 fully saturated rings. The number of rotatable bonds is 3. The minimum atomic E-state index is -0.393. The highest BCUT2D eigenvalue weighted by atomic mass is 19.1. The lowest BCUT2D eigenvalue weighted by atomic mass is 10.1. The Bertz CT molecular complexity index is 1050. The van der Waals surface area contributed by atoms with E-state index in [9.17, 15) is 9.18 Å². The minimum Gasteiger partial charge on any atom is -0.423 e. The molecule has 6 nitrogen and oxygen atoms in total. The molecular formula is C16H10FN3O3. The van der Waals surface area contributed by atoms with Crippen LogP contribution in [0, 0.1) is 5.82 Å². The number of benzene rings is 2. The van der Waals surface area contributed by atoms with Crippen molar-refractivity contribution in [3.63, 3.8) is 0 Å². The van der Waals surface area contributed by atoms with Crippen LogP contribution in [0.15, 0.2) is 45.2 Å². The molecule has 0 aliphatic heterocycles. The number of aromatic nitrogens is 2. The second-order valence-corrected chi connectivity index (χ2v) is 5.01. The van der Waals surface area contributed by atoms with Crippen LogP contribution in [0.5, 0.6) is 0 Å². The molecule has 1 N–H and O–H groups in total. The molecule has 2 aromatic carbocycles. The Hall–Kier alpha value is -3.22. The Kier molecular flexibility index (Phi) is 2.87. The first-order valence-electron chi connectivity index (χ1n) is 6.83. The number of hydrogen-bond acceptors (Lipinski definition) is 6. The van der Waals surface area contributed by atoms with Gasteiger partial charge in [-0.2, -0.15) is 9.97 Å². The highest BCUT2D eigenvalue weighted by molar-refractivity contribution is 5.97. The van der Waals surface area contributed by atoms with Gasteiger partial charge in [0.05, 0.1) is 0 Å². The first-order chi connectivity index (χ1) is 11.1. The van der Waals surface area contributed by atoms with Crippen molar-refractivity contribution >= 4 is 40.0 Å². The molecule has 0 atom stereocenters. The first-order valence-corrected chi connectivity index (χ1v) is 6.83. The number of hydrogen-bond donors (Lipinski definition) is 1. The zero-order valence-corrected chi connectivity index (χ0v) is 12.0. The predicted octanol–water partition coefficient (Wildman–Crippen LogP) is 4.05. The maximum atomic E-state index is 13.2. The lowest BCUT2D eigenvalue weighted by molar-refractivity contribution is 0.101. The first kappa shape index (κ1) is 13.4. The fourth-order valence-corrected chi connectivity index (χ4v) is 2.25. The van der Waals surface area contributed by atoms with Gasteiger partial charge in [-0.1, -0.05) is 0 Å². The number of nitrogens with one attached hydrogen (secondary N) is 1. The third-order valence-corrected chi connectivity index (χ3v) is 3.36. The van der Waals surface area contributed by atoms with Gasteiger partial charge in [0.15, 0.2) is 16.9 Å². The summed E-state index contributed by atoms with van der Waals surface area (Å²) < 4.78 is 24.1. The fourth-order valence-electron chi connectivity index (χ4n) is 2.25. The molecule has 23 heavy (non-hydrogen) atoms. The topological polar surface area (TPSA) is 81.2 Å². The predicted molar refractivity (Wildman–Crippen MR) is 81.3 cm³/mol. The maximum absolute atomic E-state index is 13.2. The molecule has 0 bridgehead atoms. The number of nitrogens with zero attached hydrogens (tertiary/aromatic N) is 2. The normalized spacial score (nSPS) is 11.2. The van der Waals surface area contributed by atoms with Crippen molar-refractivity contribution in [2.75, 3.05) is 5.32 Å². The fraction of sp³-hybridized carbons (Fsp3) is 0.0625. The summed E-state index contributed by atoms with van der Waals surface area (Å²) >= 11 is 0. The molecule has 7 heteroatoms. The van der Waals surface area contributed by atoms with Crippen LogP contribution in [0.4, 0.5) is 16.4 Å². The Morgan fingerprint density at radius 3 is 2.26 bits per heavy atom. The SMILES string of the molecule is CC(=O)c1ccc2oc(Nc3nc4cc(F)ccc4o3)nc2c1. The molecule has 0 radical (unpaired) electrons. The number of carbonyl (C=O) groups excluding carboxylic acids is 1. The summed E-state index contributed by atoms with van der Waals surface area (Å²) in [5.41, 5.74) is 2.46. The number of Topliss-reactive ketones (excluding diaryl/α,β-unsaturated/α-hetero) is 1. The summed E-state index contributed by atoms with van der Waals surface area (Å²) in [6, 6.07) is 9.36. The van der Waals surface area contributed by atoms with Crippen molar-refractivity contribution in [1.82, 2.24) is 9.97 Å². The van der Waals surface area contributed by atoms with Crippen molar-refractivity contribution in [2.45, 2.75) is 6.92 Å². The summed E-state index contributed by atoms with van der Waals surface area (Å²) in [5.74, 6) is -0.443. The molecule has 0 spiro atoms. The molecule has 0 saturated heterocycles. The van der Waals surface area contributed by atoms with Crippen molar-refractivity contribution in [2.24, 2.45) is 0 Å².